The van der Waals surface area contributed by atoms with Gasteiger partial charge in [0.2, 0.25) is 11.8 Å². The molecule has 0 radical (unpaired) electrons. The molecule has 0 bridgehead atoms. The minimum Gasteiger partial charge on any atom is -0.378 e. The molecule has 0 saturated carbocycles. The van der Waals surface area contributed by atoms with Gasteiger partial charge in [0.15, 0.2) is 0 Å². The zero-order chi connectivity index (χ0) is 19.1. The fraction of sp³-hybridized carbons (Fsp3) is 0.333. The van der Waals surface area contributed by atoms with Gasteiger partial charge in [0, 0.05) is 33.3 Å². The van der Waals surface area contributed by atoms with Crippen molar-refractivity contribution in [3.63, 3.8) is 0 Å². The molecule has 2 rings (SSSR count). The Bertz CT molecular complexity index is 737. The molecule has 2 aromatic carbocycles. The van der Waals surface area contributed by atoms with E-state index in [1.807, 2.05) is 74.4 Å². The molecule has 1 unspecified atom stereocenters. The zero-order valence-electron chi connectivity index (χ0n) is 15.9. The molecule has 0 aliphatic rings. The van der Waals surface area contributed by atoms with Gasteiger partial charge in [-0.15, -0.1) is 0 Å². The number of anilines is 1. The number of amides is 2. The molecule has 0 aromatic heterocycles. The number of carbonyl (C=O) groups excluding carboxylic acids is 2. The minimum absolute atomic E-state index is 0.0963. The normalized spacial score (nSPS) is 11.5. The average molecular weight is 353 g/mol. The molecule has 0 saturated heterocycles. The predicted molar refractivity (Wildman–Crippen MR) is 105 cm³/mol. The summed E-state index contributed by atoms with van der Waals surface area (Å²) in [5.41, 5.74) is 4.22. The summed E-state index contributed by atoms with van der Waals surface area (Å²) in [6.45, 7) is 3.93. The summed E-state index contributed by atoms with van der Waals surface area (Å²) in [6.07, 6.45) is 0.207. The van der Waals surface area contributed by atoms with Crippen molar-refractivity contribution >= 4 is 17.5 Å². The Kier molecular flexibility index (Phi) is 6.78. The first kappa shape index (κ1) is 19.5. The van der Waals surface area contributed by atoms with E-state index in [-0.39, 0.29) is 24.3 Å². The van der Waals surface area contributed by atoms with Gasteiger partial charge in [-0.3, -0.25) is 9.59 Å². The van der Waals surface area contributed by atoms with Crippen molar-refractivity contribution in [3.05, 3.63) is 65.2 Å². The first-order valence-electron chi connectivity index (χ1n) is 8.72. The van der Waals surface area contributed by atoms with E-state index < -0.39 is 0 Å². The van der Waals surface area contributed by atoms with E-state index in [4.69, 9.17) is 0 Å². The fourth-order valence-corrected chi connectivity index (χ4v) is 2.67. The molecular weight excluding hydrogens is 326 g/mol. The number of rotatable bonds is 7. The summed E-state index contributed by atoms with van der Waals surface area (Å²) in [7, 11) is 3.98. The van der Waals surface area contributed by atoms with E-state index in [2.05, 4.69) is 10.6 Å². The molecule has 5 heteroatoms. The van der Waals surface area contributed by atoms with Crippen molar-refractivity contribution in [3.8, 4) is 0 Å². The van der Waals surface area contributed by atoms with Crippen LogP contribution in [-0.2, 0) is 16.1 Å². The van der Waals surface area contributed by atoms with Crippen molar-refractivity contribution in [1.29, 1.82) is 0 Å². The van der Waals surface area contributed by atoms with Crippen LogP contribution in [0.5, 0.6) is 0 Å². The van der Waals surface area contributed by atoms with Gasteiger partial charge in [0.1, 0.15) is 0 Å². The molecule has 0 fully saturated rings. The van der Waals surface area contributed by atoms with Crippen LogP contribution < -0.4 is 15.5 Å². The van der Waals surface area contributed by atoms with Gasteiger partial charge in [-0.1, -0.05) is 42.0 Å². The molecule has 1 atom stereocenters. The number of carbonyl (C=O) groups is 2. The second-order valence-electron chi connectivity index (χ2n) is 6.71. The van der Waals surface area contributed by atoms with Crippen LogP contribution >= 0.6 is 0 Å². The molecule has 0 aliphatic carbocycles. The number of hydrogen-bond donors (Lipinski definition) is 2. The van der Waals surface area contributed by atoms with Crippen LogP contribution in [0.1, 0.15) is 36.1 Å². The van der Waals surface area contributed by atoms with Crippen molar-refractivity contribution in [2.75, 3.05) is 19.0 Å². The summed E-state index contributed by atoms with van der Waals surface area (Å²) >= 11 is 0. The van der Waals surface area contributed by atoms with E-state index in [1.54, 1.807) is 0 Å². The molecule has 138 valence electrons. The van der Waals surface area contributed by atoms with Gasteiger partial charge in [-0.2, -0.15) is 0 Å². The number of nitrogens with zero attached hydrogens (tertiary/aromatic N) is 1. The van der Waals surface area contributed by atoms with Gasteiger partial charge < -0.3 is 15.5 Å². The first-order valence-corrected chi connectivity index (χ1v) is 8.72. The van der Waals surface area contributed by atoms with Crippen LogP contribution in [0.4, 0.5) is 5.69 Å². The lowest BCUT2D eigenvalue weighted by Crippen LogP contribution is -2.32. The maximum atomic E-state index is 12.4. The van der Waals surface area contributed by atoms with Crippen LogP contribution in [0, 0.1) is 6.92 Å². The first-order chi connectivity index (χ1) is 12.3. The minimum atomic E-state index is -0.329. The summed E-state index contributed by atoms with van der Waals surface area (Å²) in [5.74, 6) is -0.247. The second-order valence-corrected chi connectivity index (χ2v) is 6.71. The maximum absolute atomic E-state index is 12.4. The van der Waals surface area contributed by atoms with Crippen LogP contribution in [-0.4, -0.2) is 25.9 Å². The van der Waals surface area contributed by atoms with Crippen LogP contribution in [0.2, 0.25) is 0 Å². The van der Waals surface area contributed by atoms with Gasteiger partial charge >= 0.3 is 0 Å². The van der Waals surface area contributed by atoms with Gasteiger partial charge in [-0.05, 0) is 30.2 Å². The highest BCUT2D eigenvalue weighted by Crippen LogP contribution is 2.18. The lowest BCUT2D eigenvalue weighted by molar-refractivity contribution is -0.122. The summed E-state index contributed by atoms with van der Waals surface area (Å²) < 4.78 is 0. The Morgan fingerprint density at radius 3 is 2.15 bits per heavy atom. The largest absolute Gasteiger partial charge is 0.378 e. The van der Waals surface area contributed by atoms with E-state index >= 15 is 0 Å². The van der Waals surface area contributed by atoms with Crippen LogP contribution in [0.3, 0.4) is 0 Å². The molecule has 5 nitrogen and oxygen atoms in total. The second kappa shape index (κ2) is 9.04. The van der Waals surface area contributed by atoms with Crippen molar-refractivity contribution in [2.45, 2.75) is 32.9 Å². The third kappa shape index (κ3) is 5.92. The SMILES string of the molecule is CC(=O)NC(CC(=O)NCc1ccc(N(C)C)cc1)c1ccc(C)cc1. The van der Waals surface area contributed by atoms with Crippen molar-refractivity contribution < 1.29 is 9.59 Å². The Labute approximate surface area is 155 Å². The van der Waals surface area contributed by atoms with E-state index in [9.17, 15) is 9.59 Å². The summed E-state index contributed by atoms with van der Waals surface area (Å²) in [6, 6.07) is 15.6. The molecule has 2 amide bonds. The molecule has 0 spiro atoms. The molecule has 0 aliphatic heterocycles. The zero-order valence-corrected chi connectivity index (χ0v) is 15.9. The number of nitrogens with one attached hydrogen (secondary N) is 2. The van der Waals surface area contributed by atoms with E-state index in [0.29, 0.717) is 6.54 Å². The molecule has 2 aromatic rings. The number of hydrogen-bond acceptors (Lipinski definition) is 3. The molecular formula is C21H27N3O2. The van der Waals surface area contributed by atoms with Crippen molar-refractivity contribution in [1.82, 2.24) is 10.6 Å². The standard InChI is InChI=1S/C21H27N3O2/c1-15-5-9-18(10-6-15)20(23-16(2)25)13-21(26)22-14-17-7-11-19(12-8-17)24(3)4/h5-12,20H,13-14H2,1-4H3,(H,22,26)(H,23,25). The monoisotopic (exact) mass is 353 g/mol. The molecule has 26 heavy (non-hydrogen) atoms. The van der Waals surface area contributed by atoms with Gasteiger partial charge in [0.25, 0.3) is 0 Å². The highest BCUT2D eigenvalue weighted by molar-refractivity contribution is 5.79. The van der Waals surface area contributed by atoms with E-state index in [1.165, 1.54) is 6.92 Å². The van der Waals surface area contributed by atoms with Crippen molar-refractivity contribution in [2.24, 2.45) is 0 Å². The Morgan fingerprint density at radius 2 is 1.62 bits per heavy atom. The highest BCUT2D eigenvalue weighted by atomic mass is 16.2. The molecule has 2 N–H and O–H groups in total. The number of benzene rings is 2. The smallest absolute Gasteiger partial charge is 0.222 e. The average Bonchev–Trinajstić information content (AvgIpc) is 2.60. The fourth-order valence-electron chi connectivity index (χ4n) is 2.67. The van der Waals surface area contributed by atoms with Gasteiger partial charge in [0.05, 0.1) is 12.5 Å². The predicted octanol–water partition coefficient (Wildman–Crippen LogP) is 2.94. The Morgan fingerprint density at radius 1 is 1.00 bits per heavy atom. The maximum Gasteiger partial charge on any atom is 0.222 e. The quantitative estimate of drug-likeness (QED) is 0.804. The lowest BCUT2D eigenvalue weighted by Gasteiger charge is -2.18. The van der Waals surface area contributed by atoms with Crippen LogP contribution in [0.25, 0.3) is 0 Å². The topological polar surface area (TPSA) is 61.4 Å². The molecule has 0 heterocycles. The Hall–Kier alpha value is -2.82. The van der Waals surface area contributed by atoms with Crippen LogP contribution in [0.15, 0.2) is 48.5 Å². The van der Waals surface area contributed by atoms with E-state index in [0.717, 1.165) is 22.4 Å². The highest BCUT2D eigenvalue weighted by Gasteiger charge is 2.17. The Balaban J connectivity index is 1.96. The number of aryl methyl sites for hydroxylation is 1. The summed E-state index contributed by atoms with van der Waals surface area (Å²) in [4.78, 5) is 25.9. The third-order valence-corrected chi connectivity index (χ3v) is 4.19. The van der Waals surface area contributed by atoms with Gasteiger partial charge in [-0.25, -0.2) is 0 Å². The third-order valence-electron chi connectivity index (χ3n) is 4.19. The summed E-state index contributed by atoms with van der Waals surface area (Å²) in [5, 5.41) is 5.79. The lowest BCUT2D eigenvalue weighted by atomic mass is 10.0.